The quantitative estimate of drug-likeness (QED) is 0.679. The van der Waals surface area contributed by atoms with Gasteiger partial charge in [-0.1, -0.05) is 31.2 Å². The molecule has 0 fully saturated rings. The van der Waals surface area contributed by atoms with Crippen molar-refractivity contribution >= 4 is 5.91 Å². The number of aromatic hydroxyl groups is 1. The van der Waals surface area contributed by atoms with E-state index in [2.05, 4.69) is 5.10 Å². The van der Waals surface area contributed by atoms with E-state index in [1.165, 1.54) is 33.8 Å². The van der Waals surface area contributed by atoms with Crippen LogP contribution in [0.1, 0.15) is 46.9 Å². The lowest BCUT2D eigenvalue weighted by molar-refractivity contribution is 0.0634. The van der Waals surface area contributed by atoms with Crippen molar-refractivity contribution in [2.45, 2.75) is 25.3 Å². The van der Waals surface area contributed by atoms with Gasteiger partial charge in [0, 0.05) is 19.0 Å². The SMILES string of the molecule is CCCN1C[C@H](C(c2cccc(F)c2)c2cccc(F)c2)n2ncc(=O)c(O)c2C1=O. The first-order valence-corrected chi connectivity index (χ1v) is 10.0. The number of aromatic nitrogens is 2. The van der Waals surface area contributed by atoms with Crippen LogP contribution < -0.4 is 5.43 Å². The molecule has 0 saturated heterocycles. The highest BCUT2D eigenvalue weighted by Gasteiger charge is 2.39. The van der Waals surface area contributed by atoms with Gasteiger partial charge in [-0.05, 0) is 41.8 Å². The summed E-state index contributed by atoms with van der Waals surface area (Å²) in [6, 6.07) is 11.3. The molecule has 0 aliphatic carbocycles. The van der Waals surface area contributed by atoms with E-state index in [9.17, 15) is 23.5 Å². The van der Waals surface area contributed by atoms with Gasteiger partial charge < -0.3 is 10.0 Å². The summed E-state index contributed by atoms with van der Waals surface area (Å²) in [5, 5.41) is 14.5. The third-order valence-electron chi connectivity index (χ3n) is 5.49. The molecule has 1 N–H and O–H groups in total. The van der Waals surface area contributed by atoms with Gasteiger partial charge in [0.15, 0.2) is 11.4 Å². The average Bonchev–Trinajstić information content (AvgIpc) is 2.74. The molecule has 3 aromatic rings. The number of carbonyl (C=O) groups is 1. The van der Waals surface area contributed by atoms with E-state index >= 15 is 0 Å². The highest BCUT2D eigenvalue weighted by Crippen LogP contribution is 2.39. The Balaban J connectivity index is 1.96. The molecule has 2 aromatic carbocycles. The second-order valence-corrected chi connectivity index (χ2v) is 7.56. The van der Waals surface area contributed by atoms with Gasteiger partial charge in [0.25, 0.3) is 5.91 Å². The Morgan fingerprint density at radius 3 is 2.26 bits per heavy atom. The molecular formula is C23H21F2N3O3. The molecule has 160 valence electrons. The third-order valence-corrected chi connectivity index (χ3v) is 5.49. The fourth-order valence-corrected chi connectivity index (χ4v) is 4.19. The number of halogens is 2. The molecular weight excluding hydrogens is 404 g/mol. The second-order valence-electron chi connectivity index (χ2n) is 7.56. The fraction of sp³-hybridized carbons (Fsp3) is 0.261. The molecule has 1 aromatic heterocycles. The molecule has 1 aliphatic heterocycles. The van der Waals surface area contributed by atoms with Crippen molar-refractivity contribution in [3.63, 3.8) is 0 Å². The Bertz CT molecular complexity index is 1150. The molecule has 2 heterocycles. The molecule has 1 aliphatic rings. The van der Waals surface area contributed by atoms with Crippen molar-refractivity contribution in [2.24, 2.45) is 0 Å². The van der Waals surface area contributed by atoms with Gasteiger partial charge in [-0.15, -0.1) is 0 Å². The van der Waals surface area contributed by atoms with Crippen LogP contribution in [0.15, 0.2) is 59.5 Å². The predicted octanol–water partition coefficient (Wildman–Crippen LogP) is 3.47. The van der Waals surface area contributed by atoms with Gasteiger partial charge >= 0.3 is 0 Å². The van der Waals surface area contributed by atoms with Crippen molar-refractivity contribution in [1.82, 2.24) is 14.7 Å². The minimum atomic E-state index is -0.759. The van der Waals surface area contributed by atoms with Crippen LogP contribution in [0.2, 0.25) is 0 Å². The zero-order chi connectivity index (χ0) is 22.1. The normalized spacial score (nSPS) is 15.9. The highest BCUT2D eigenvalue weighted by atomic mass is 19.1. The number of benzene rings is 2. The summed E-state index contributed by atoms with van der Waals surface area (Å²) in [6.45, 7) is 2.51. The van der Waals surface area contributed by atoms with Gasteiger partial charge in [-0.25, -0.2) is 8.78 Å². The van der Waals surface area contributed by atoms with Crippen LogP contribution in [0.5, 0.6) is 5.75 Å². The van der Waals surface area contributed by atoms with Gasteiger partial charge in [-0.3, -0.25) is 14.3 Å². The maximum Gasteiger partial charge on any atom is 0.276 e. The minimum Gasteiger partial charge on any atom is -0.502 e. The van der Waals surface area contributed by atoms with Gasteiger partial charge in [0.2, 0.25) is 5.43 Å². The summed E-state index contributed by atoms with van der Waals surface area (Å²) in [7, 11) is 0. The fourth-order valence-electron chi connectivity index (χ4n) is 4.19. The first-order valence-electron chi connectivity index (χ1n) is 10.0. The minimum absolute atomic E-state index is 0.201. The molecule has 0 radical (unpaired) electrons. The number of hydrogen-bond acceptors (Lipinski definition) is 4. The molecule has 1 atom stereocenters. The number of hydrogen-bond donors (Lipinski definition) is 1. The van der Waals surface area contributed by atoms with Crippen molar-refractivity contribution < 1.29 is 18.7 Å². The summed E-state index contributed by atoms with van der Waals surface area (Å²) in [5.41, 5.74) is 0.152. The van der Waals surface area contributed by atoms with Gasteiger partial charge in [-0.2, -0.15) is 5.10 Å². The second kappa shape index (κ2) is 8.29. The highest BCUT2D eigenvalue weighted by molar-refractivity contribution is 5.95. The number of carbonyl (C=O) groups excluding carboxylic acids is 1. The summed E-state index contributed by atoms with van der Waals surface area (Å²) in [5.74, 6) is -2.67. The van der Waals surface area contributed by atoms with E-state index in [1.807, 2.05) is 6.92 Å². The van der Waals surface area contributed by atoms with E-state index in [1.54, 1.807) is 24.3 Å². The largest absolute Gasteiger partial charge is 0.502 e. The maximum absolute atomic E-state index is 14.1. The van der Waals surface area contributed by atoms with Crippen molar-refractivity contribution in [3.8, 4) is 5.75 Å². The first-order chi connectivity index (χ1) is 14.9. The number of nitrogens with zero attached hydrogens (tertiary/aromatic N) is 3. The molecule has 4 rings (SSSR count). The summed E-state index contributed by atoms with van der Waals surface area (Å²) in [6.07, 6.45) is 1.61. The standard InChI is InChI=1S/C23H21F2N3O3/c1-2-9-27-13-18(28-21(23(27)31)22(30)19(29)12-26-28)20(14-5-3-7-16(24)10-14)15-6-4-8-17(25)11-15/h3-8,10-12,18,20,30H,2,9,13H2,1H3/t18-/m1/s1. The molecule has 0 saturated carbocycles. The summed E-state index contributed by atoms with van der Waals surface area (Å²) >= 11 is 0. The van der Waals surface area contributed by atoms with Crippen LogP contribution in [0, 0.1) is 11.6 Å². The average molecular weight is 425 g/mol. The van der Waals surface area contributed by atoms with Crippen molar-refractivity contribution in [1.29, 1.82) is 0 Å². The Hall–Kier alpha value is -3.55. The Morgan fingerprint density at radius 1 is 1.10 bits per heavy atom. The Kier molecular flexibility index (Phi) is 5.54. The number of amides is 1. The molecule has 0 spiro atoms. The van der Waals surface area contributed by atoms with Crippen LogP contribution in [0.25, 0.3) is 0 Å². The number of fused-ring (bicyclic) bond motifs is 1. The predicted molar refractivity (Wildman–Crippen MR) is 110 cm³/mol. The number of rotatable bonds is 5. The summed E-state index contributed by atoms with van der Waals surface area (Å²) in [4.78, 5) is 26.5. The first kappa shape index (κ1) is 20.7. The van der Waals surface area contributed by atoms with Crippen LogP contribution in [-0.2, 0) is 0 Å². The molecule has 1 amide bonds. The third kappa shape index (κ3) is 3.81. The maximum atomic E-state index is 14.1. The Morgan fingerprint density at radius 2 is 1.71 bits per heavy atom. The smallest absolute Gasteiger partial charge is 0.276 e. The lowest BCUT2D eigenvalue weighted by Gasteiger charge is -2.39. The Labute approximate surface area is 177 Å². The van der Waals surface area contributed by atoms with Crippen molar-refractivity contribution in [2.75, 3.05) is 13.1 Å². The van der Waals surface area contributed by atoms with E-state index < -0.39 is 40.7 Å². The lowest BCUT2D eigenvalue weighted by Crippen LogP contribution is -2.47. The van der Waals surface area contributed by atoms with Crippen LogP contribution in [-0.4, -0.2) is 38.8 Å². The lowest BCUT2D eigenvalue weighted by atomic mass is 9.83. The molecule has 6 nitrogen and oxygen atoms in total. The molecule has 0 bridgehead atoms. The van der Waals surface area contributed by atoms with Crippen molar-refractivity contribution in [3.05, 3.63) is 93.4 Å². The topological polar surface area (TPSA) is 75.4 Å². The van der Waals surface area contributed by atoms with E-state index in [0.29, 0.717) is 24.1 Å². The van der Waals surface area contributed by atoms with Crippen LogP contribution in [0.4, 0.5) is 8.78 Å². The van der Waals surface area contributed by atoms with Gasteiger partial charge in [0.05, 0.1) is 12.2 Å². The monoisotopic (exact) mass is 425 g/mol. The van der Waals surface area contributed by atoms with Gasteiger partial charge in [0.1, 0.15) is 11.6 Å². The zero-order valence-electron chi connectivity index (χ0n) is 16.8. The zero-order valence-corrected chi connectivity index (χ0v) is 16.8. The van der Waals surface area contributed by atoms with Crippen LogP contribution >= 0.6 is 0 Å². The van der Waals surface area contributed by atoms with E-state index in [4.69, 9.17) is 0 Å². The molecule has 31 heavy (non-hydrogen) atoms. The summed E-state index contributed by atoms with van der Waals surface area (Å²) < 4.78 is 29.6. The van der Waals surface area contributed by atoms with Crippen LogP contribution in [0.3, 0.4) is 0 Å². The molecule has 8 heteroatoms. The van der Waals surface area contributed by atoms with E-state index in [-0.39, 0.29) is 12.2 Å². The van der Waals surface area contributed by atoms with E-state index in [0.717, 1.165) is 6.20 Å². The molecule has 0 unspecified atom stereocenters.